The number of aryl methyl sites for hydroxylation is 1. The highest BCUT2D eigenvalue weighted by Crippen LogP contribution is 2.26. The first-order valence-corrected chi connectivity index (χ1v) is 5.57. The topological polar surface area (TPSA) is 51.5 Å². The lowest BCUT2D eigenvalue weighted by molar-refractivity contribution is 0.0699. The van der Waals surface area contributed by atoms with E-state index in [-0.39, 0.29) is 0 Å². The molecule has 1 heterocycles. The molecule has 0 bridgehead atoms. The van der Waals surface area contributed by atoms with E-state index in [4.69, 9.17) is 9.84 Å². The third-order valence-corrected chi connectivity index (χ3v) is 2.78. The van der Waals surface area contributed by atoms with Gasteiger partial charge in [-0.15, -0.1) is 0 Å². The first-order valence-electron chi connectivity index (χ1n) is 5.57. The maximum absolute atomic E-state index is 11.1. The van der Waals surface area contributed by atoms with Crippen LogP contribution >= 0.6 is 0 Å². The molecule has 2 aromatic rings. The Balaban J connectivity index is 2.67. The van der Waals surface area contributed by atoms with E-state index in [0.717, 1.165) is 29.6 Å². The normalized spacial score (nSPS) is 10.7. The van der Waals surface area contributed by atoms with Crippen molar-refractivity contribution in [1.29, 1.82) is 0 Å². The molecule has 17 heavy (non-hydrogen) atoms. The molecule has 0 saturated heterocycles. The number of nitrogens with zero attached hydrogens (tertiary/aromatic N) is 1. The van der Waals surface area contributed by atoms with Crippen LogP contribution in [-0.2, 0) is 6.54 Å². The Labute approximate surface area is 99.4 Å². The third kappa shape index (κ3) is 1.98. The van der Waals surface area contributed by atoms with Crippen LogP contribution in [0.25, 0.3) is 10.9 Å². The number of hydrogen-bond donors (Lipinski definition) is 1. The Kier molecular flexibility index (Phi) is 3.04. The van der Waals surface area contributed by atoms with Crippen molar-refractivity contribution < 1.29 is 14.6 Å². The second-order valence-corrected chi connectivity index (χ2v) is 3.92. The van der Waals surface area contributed by atoms with Gasteiger partial charge in [-0.25, -0.2) is 4.79 Å². The minimum atomic E-state index is -0.894. The molecule has 2 rings (SSSR count). The SMILES string of the molecule is CCCn1cc(C(=O)O)c2ccc(OC)cc21. The van der Waals surface area contributed by atoms with Crippen molar-refractivity contribution >= 4 is 16.9 Å². The first-order chi connectivity index (χ1) is 8.17. The minimum absolute atomic E-state index is 0.344. The van der Waals surface area contributed by atoms with Crippen LogP contribution in [0.3, 0.4) is 0 Å². The summed E-state index contributed by atoms with van der Waals surface area (Å²) in [5.41, 5.74) is 1.25. The predicted molar refractivity (Wildman–Crippen MR) is 65.7 cm³/mol. The van der Waals surface area contributed by atoms with Crippen LogP contribution in [0.2, 0.25) is 0 Å². The smallest absolute Gasteiger partial charge is 0.337 e. The van der Waals surface area contributed by atoms with Crippen LogP contribution in [0.5, 0.6) is 5.75 Å². The van der Waals surface area contributed by atoms with Crippen LogP contribution in [0.15, 0.2) is 24.4 Å². The second-order valence-electron chi connectivity index (χ2n) is 3.92. The Hall–Kier alpha value is -1.97. The van der Waals surface area contributed by atoms with Crippen LogP contribution in [0.1, 0.15) is 23.7 Å². The molecule has 90 valence electrons. The quantitative estimate of drug-likeness (QED) is 0.883. The molecule has 0 spiro atoms. The number of benzene rings is 1. The van der Waals surface area contributed by atoms with Crippen molar-refractivity contribution in [3.8, 4) is 5.75 Å². The molecule has 1 N–H and O–H groups in total. The van der Waals surface area contributed by atoms with E-state index in [0.29, 0.717) is 5.56 Å². The zero-order valence-electron chi connectivity index (χ0n) is 9.93. The lowest BCUT2D eigenvalue weighted by Gasteiger charge is -2.04. The summed E-state index contributed by atoms with van der Waals surface area (Å²) in [6.45, 7) is 2.86. The molecule has 4 nitrogen and oxygen atoms in total. The van der Waals surface area contributed by atoms with Crippen molar-refractivity contribution in [1.82, 2.24) is 4.57 Å². The van der Waals surface area contributed by atoms with Gasteiger partial charge in [0.2, 0.25) is 0 Å². The van der Waals surface area contributed by atoms with Gasteiger partial charge in [-0.05, 0) is 18.6 Å². The van der Waals surface area contributed by atoms with Gasteiger partial charge in [0.15, 0.2) is 0 Å². The maximum Gasteiger partial charge on any atom is 0.337 e. The molecular weight excluding hydrogens is 218 g/mol. The number of aromatic nitrogens is 1. The number of fused-ring (bicyclic) bond motifs is 1. The molecule has 0 fully saturated rings. The molecule has 0 radical (unpaired) electrons. The minimum Gasteiger partial charge on any atom is -0.497 e. The van der Waals surface area contributed by atoms with E-state index in [1.165, 1.54) is 0 Å². The largest absolute Gasteiger partial charge is 0.497 e. The molecule has 0 amide bonds. The number of methoxy groups -OCH3 is 1. The molecule has 4 heteroatoms. The molecule has 0 aliphatic rings. The molecule has 1 aromatic carbocycles. The number of carboxylic acids is 1. The number of carboxylic acid groups (broad SMARTS) is 1. The number of aromatic carboxylic acids is 1. The number of hydrogen-bond acceptors (Lipinski definition) is 2. The zero-order chi connectivity index (χ0) is 12.4. The van der Waals surface area contributed by atoms with Gasteiger partial charge in [0.25, 0.3) is 0 Å². The van der Waals surface area contributed by atoms with E-state index < -0.39 is 5.97 Å². The zero-order valence-corrected chi connectivity index (χ0v) is 9.93. The fourth-order valence-corrected chi connectivity index (χ4v) is 2.00. The highest BCUT2D eigenvalue weighted by atomic mass is 16.5. The number of rotatable bonds is 4. The summed E-state index contributed by atoms with van der Waals surface area (Å²) in [6, 6.07) is 5.45. The summed E-state index contributed by atoms with van der Waals surface area (Å²) < 4.78 is 7.12. The van der Waals surface area contributed by atoms with E-state index in [2.05, 4.69) is 6.92 Å². The van der Waals surface area contributed by atoms with Crippen molar-refractivity contribution in [3.05, 3.63) is 30.0 Å². The summed E-state index contributed by atoms with van der Waals surface area (Å²) in [6.07, 6.45) is 2.65. The maximum atomic E-state index is 11.1. The molecule has 0 unspecified atom stereocenters. The Morgan fingerprint density at radius 1 is 1.47 bits per heavy atom. The summed E-state index contributed by atoms with van der Waals surface area (Å²) in [4.78, 5) is 11.1. The van der Waals surface area contributed by atoms with Crippen LogP contribution < -0.4 is 4.74 Å². The monoisotopic (exact) mass is 233 g/mol. The standard InChI is InChI=1S/C13H15NO3/c1-3-6-14-8-11(13(15)16)10-5-4-9(17-2)7-12(10)14/h4-5,7-8H,3,6H2,1-2H3,(H,15,16). The van der Waals surface area contributed by atoms with Gasteiger partial charge < -0.3 is 14.4 Å². The van der Waals surface area contributed by atoms with Crippen molar-refractivity contribution in [2.24, 2.45) is 0 Å². The molecule has 1 aromatic heterocycles. The van der Waals surface area contributed by atoms with Gasteiger partial charge in [0.05, 0.1) is 18.2 Å². The van der Waals surface area contributed by atoms with E-state index in [9.17, 15) is 4.79 Å². The lowest BCUT2D eigenvalue weighted by Crippen LogP contribution is -1.96. The van der Waals surface area contributed by atoms with Crippen LogP contribution in [0, 0.1) is 0 Å². The van der Waals surface area contributed by atoms with E-state index in [1.54, 1.807) is 25.4 Å². The van der Waals surface area contributed by atoms with E-state index >= 15 is 0 Å². The van der Waals surface area contributed by atoms with Crippen molar-refractivity contribution in [3.63, 3.8) is 0 Å². The molecule has 0 aliphatic carbocycles. The fourth-order valence-electron chi connectivity index (χ4n) is 2.00. The first kappa shape index (κ1) is 11.5. The summed E-state index contributed by atoms with van der Waals surface area (Å²) >= 11 is 0. The molecule has 0 saturated carbocycles. The van der Waals surface area contributed by atoms with Gasteiger partial charge >= 0.3 is 5.97 Å². The lowest BCUT2D eigenvalue weighted by atomic mass is 10.2. The summed E-state index contributed by atoms with van der Waals surface area (Å²) in [5.74, 6) is -0.153. The van der Waals surface area contributed by atoms with Gasteiger partial charge in [-0.1, -0.05) is 6.92 Å². The molecule has 0 atom stereocenters. The molecule has 0 aliphatic heterocycles. The van der Waals surface area contributed by atoms with Gasteiger partial charge in [0.1, 0.15) is 5.75 Å². The number of ether oxygens (including phenoxy) is 1. The van der Waals surface area contributed by atoms with Gasteiger partial charge in [-0.3, -0.25) is 0 Å². The summed E-state index contributed by atoms with van der Waals surface area (Å²) in [7, 11) is 1.60. The fraction of sp³-hybridized carbons (Fsp3) is 0.308. The average Bonchev–Trinajstić information content (AvgIpc) is 2.68. The second kappa shape index (κ2) is 4.49. The van der Waals surface area contributed by atoms with Gasteiger partial charge in [-0.2, -0.15) is 0 Å². The number of carbonyl (C=O) groups is 1. The van der Waals surface area contributed by atoms with Crippen molar-refractivity contribution in [2.75, 3.05) is 7.11 Å². The summed E-state index contributed by atoms with van der Waals surface area (Å²) in [5, 5.41) is 9.90. The Bertz CT molecular complexity index is 557. The highest BCUT2D eigenvalue weighted by Gasteiger charge is 2.14. The van der Waals surface area contributed by atoms with Crippen LogP contribution in [0.4, 0.5) is 0 Å². The van der Waals surface area contributed by atoms with E-state index in [1.807, 2.05) is 10.6 Å². The van der Waals surface area contributed by atoms with Gasteiger partial charge in [0, 0.05) is 24.2 Å². The van der Waals surface area contributed by atoms with Crippen LogP contribution in [-0.4, -0.2) is 22.8 Å². The van der Waals surface area contributed by atoms with Crippen molar-refractivity contribution in [2.45, 2.75) is 19.9 Å². The Morgan fingerprint density at radius 3 is 2.82 bits per heavy atom. The highest BCUT2D eigenvalue weighted by molar-refractivity contribution is 6.03. The predicted octanol–water partition coefficient (Wildman–Crippen LogP) is 2.76. The Morgan fingerprint density at radius 2 is 2.24 bits per heavy atom. The molecular formula is C13H15NO3. The average molecular weight is 233 g/mol. The third-order valence-electron chi connectivity index (χ3n) is 2.78.